The number of ether oxygens (including phenoxy) is 5. The number of benzene rings is 7. The van der Waals surface area contributed by atoms with Crippen molar-refractivity contribution in [2.24, 2.45) is 17.8 Å². The number of nitriles is 4. The highest BCUT2D eigenvalue weighted by molar-refractivity contribution is 5.97. The van der Waals surface area contributed by atoms with Gasteiger partial charge in [-0.2, -0.15) is 21.0 Å². The van der Waals surface area contributed by atoms with Gasteiger partial charge < -0.3 is 44.5 Å². The second kappa shape index (κ2) is 31.9. The van der Waals surface area contributed by atoms with Gasteiger partial charge in [-0.1, -0.05) is 91.0 Å². The predicted molar refractivity (Wildman–Crippen MR) is 370 cm³/mol. The third-order valence-electron chi connectivity index (χ3n) is 18.5. The van der Waals surface area contributed by atoms with Gasteiger partial charge in [0.15, 0.2) is 6.10 Å². The first-order valence-electron chi connectivity index (χ1n) is 33.7. The smallest absolute Gasteiger partial charge is 0.301 e. The number of anilines is 3. The molecule has 3 aliphatic carbocycles. The minimum Gasteiger partial charge on any atom is -0.489 e. The van der Waals surface area contributed by atoms with Gasteiger partial charge in [0.2, 0.25) is 23.6 Å². The molecule has 1 aromatic heterocycles. The molecule has 0 unspecified atom stereocenters. The van der Waals surface area contributed by atoms with Crippen molar-refractivity contribution in [2.45, 2.75) is 100 Å². The van der Waals surface area contributed by atoms with Crippen LogP contribution in [0.1, 0.15) is 104 Å². The van der Waals surface area contributed by atoms with Crippen molar-refractivity contribution in [1.82, 2.24) is 9.88 Å². The summed E-state index contributed by atoms with van der Waals surface area (Å²) in [6.07, 6.45) is 8.51. The number of piperidine rings is 1. The zero-order chi connectivity index (χ0) is 69.5. The fourth-order valence-electron chi connectivity index (χ4n) is 12.6. The predicted octanol–water partition coefficient (Wildman–Crippen LogP) is 14.5. The molecule has 3 aliphatic heterocycles. The van der Waals surface area contributed by atoms with Crippen LogP contribution in [0.4, 0.5) is 25.8 Å². The average molecular weight is 1340 g/mol. The van der Waals surface area contributed by atoms with Crippen LogP contribution in [0.2, 0.25) is 0 Å². The minimum atomic E-state index is -3.33. The van der Waals surface area contributed by atoms with Crippen molar-refractivity contribution in [3.63, 3.8) is 0 Å². The molecule has 506 valence electrons. The standard InChI is InChI=1S/C28H26N2O3.C27H25N3O3.C25H22F2N4O3/c29-18-22-15-21(9-10-27(22)33-24-11-13-32-14-12-24)20-7-4-8-23(16-20)30-28(31)26-17-25(26)19-5-2-1-3-6-19;28-16-21-13-19(6-7-26(21)33-23-8-11-32-12-9-23)18-3-1-5-22(14-18)30-27(31)25-15-24(25)20-4-2-10-29-17-20;26-25(27)15-31(23(32)8-10-28)11-9-22(25)34-21-7-6-18(12-19(21)14-29)17-2-1-3-20(13-17)30-24(33)16-4-5-16/h1-10,15-16,24-26H,11-14,17H2,(H,30,31);1-7,10,13-14,17,23-25H,8-9,11-12,15H2,(H,30,31);1-3,6-7,12-13,16,22H,4-5,8-9,11,15H2,(H,30,33)/t25-,26+;24-,25+;22-/m010/s1. The van der Waals surface area contributed by atoms with E-state index in [0.717, 1.165) is 101 Å². The number of amides is 4. The summed E-state index contributed by atoms with van der Waals surface area (Å²) in [6.45, 7) is 1.96. The number of alkyl halides is 2. The molecule has 100 heavy (non-hydrogen) atoms. The Bertz CT molecular complexity index is 4270. The molecular formula is C80H73F2N9O9. The van der Waals surface area contributed by atoms with Crippen LogP contribution >= 0.6 is 0 Å². The Hall–Kier alpha value is -11.3. The number of rotatable bonds is 18. The summed E-state index contributed by atoms with van der Waals surface area (Å²) in [6, 6.07) is 61.0. The Balaban J connectivity index is 0.000000142. The van der Waals surface area contributed by atoms with E-state index in [0.29, 0.717) is 66.2 Å². The SMILES string of the molecule is N#CCC(=O)N1CC[C@H](Oc2ccc(-c3cccc(NC(=O)C4CC4)c3)cc2C#N)C(F)(F)C1.N#Cc1cc(-c2cccc(NC(=O)[C@@H]3C[C@H]3c3ccccc3)c2)ccc1OC1CCOCC1.N#Cc1cc(-c2cccc(NC(=O)[C@H]3C[C@@H]3c3cccnc3)c2)ccc1OC1CCOCC1. The number of hydrogen-bond donors (Lipinski definition) is 3. The quantitative estimate of drug-likeness (QED) is 0.0722. The van der Waals surface area contributed by atoms with E-state index in [-0.39, 0.29) is 77.9 Å². The van der Waals surface area contributed by atoms with E-state index < -0.39 is 30.9 Å². The lowest BCUT2D eigenvalue weighted by Crippen LogP contribution is -2.55. The lowest BCUT2D eigenvalue weighted by Gasteiger charge is -2.38. The highest BCUT2D eigenvalue weighted by atomic mass is 19.3. The molecule has 6 fully saturated rings. The fourth-order valence-corrected chi connectivity index (χ4v) is 12.6. The Morgan fingerprint density at radius 2 is 0.940 bits per heavy atom. The number of carbonyl (C=O) groups excluding carboxylic acids is 4. The van der Waals surface area contributed by atoms with Crippen molar-refractivity contribution in [3.8, 4) is 74.9 Å². The summed E-state index contributed by atoms with van der Waals surface area (Å²) in [5.41, 5.74) is 10.7. The zero-order valence-electron chi connectivity index (χ0n) is 54.9. The lowest BCUT2D eigenvalue weighted by atomic mass is 10.0. The minimum absolute atomic E-state index is 0.0140. The first-order chi connectivity index (χ1) is 48.7. The van der Waals surface area contributed by atoms with Gasteiger partial charge in [0.1, 0.15) is 54.1 Å². The van der Waals surface area contributed by atoms with Crippen LogP contribution in [-0.4, -0.2) is 97.3 Å². The third-order valence-corrected chi connectivity index (χ3v) is 18.5. The maximum Gasteiger partial charge on any atom is 0.301 e. The van der Waals surface area contributed by atoms with Gasteiger partial charge in [0.25, 0.3) is 0 Å². The van der Waals surface area contributed by atoms with Gasteiger partial charge in [-0.3, -0.25) is 24.2 Å². The molecule has 20 heteroatoms. The summed E-state index contributed by atoms with van der Waals surface area (Å²) < 4.78 is 57.8. The first-order valence-corrected chi connectivity index (χ1v) is 33.7. The molecule has 0 spiro atoms. The second-order valence-corrected chi connectivity index (χ2v) is 25.7. The fraction of sp³-hybridized carbons (Fsp3) is 0.312. The molecule has 3 saturated carbocycles. The maximum atomic E-state index is 14.7. The molecule has 4 heterocycles. The van der Waals surface area contributed by atoms with Crippen LogP contribution < -0.4 is 30.2 Å². The third kappa shape index (κ3) is 17.7. The van der Waals surface area contributed by atoms with E-state index >= 15 is 0 Å². The Labute approximate surface area is 579 Å². The topological polar surface area (TPSA) is 262 Å². The molecule has 8 aromatic rings. The molecular weight excluding hydrogens is 1270 g/mol. The summed E-state index contributed by atoms with van der Waals surface area (Å²) >= 11 is 0. The van der Waals surface area contributed by atoms with E-state index in [1.165, 1.54) is 11.6 Å². The normalized spacial score (nSPS) is 19.6. The number of halogens is 2. The number of pyridine rings is 1. The van der Waals surface area contributed by atoms with E-state index in [1.54, 1.807) is 42.6 Å². The van der Waals surface area contributed by atoms with Gasteiger partial charge in [0, 0.05) is 85.9 Å². The molecule has 0 radical (unpaired) electrons. The van der Waals surface area contributed by atoms with Gasteiger partial charge in [-0.15, -0.1) is 0 Å². The molecule has 0 bridgehead atoms. The zero-order valence-corrected chi connectivity index (χ0v) is 54.9. The average Bonchev–Trinajstić information content (AvgIpc) is 1.55. The van der Waals surface area contributed by atoms with E-state index in [1.807, 2.05) is 134 Å². The van der Waals surface area contributed by atoms with Crippen LogP contribution in [0.5, 0.6) is 17.2 Å². The van der Waals surface area contributed by atoms with Crippen molar-refractivity contribution < 1.29 is 51.6 Å². The van der Waals surface area contributed by atoms with Crippen molar-refractivity contribution in [1.29, 1.82) is 21.0 Å². The van der Waals surface area contributed by atoms with Crippen molar-refractivity contribution in [2.75, 3.05) is 55.5 Å². The molecule has 6 aliphatic rings. The highest BCUT2D eigenvalue weighted by Crippen LogP contribution is 2.49. The summed E-state index contributed by atoms with van der Waals surface area (Å²) in [4.78, 5) is 54.5. The number of likely N-dealkylation sites (tertiary alicyclic amines) is 1. The van der Waals surface area contributed by atoms with Gasteiger partial charge in [-0.25, -0.2) is 8.78 Å². The number of aromatic nitrogens is 1. The highest BCUT2D eigenvalue weighted by Gasteiger charge is 2.48. The summed E-state index contributed by atoms with van der Waals surface area (Å²) in [5, 5.41) is 46.6. The Kier molecular flexibility index (Phi) is 21.9. The van der Waals surface area contributed by atoms with E-state index in [2.05, 4.69) is 45.2 Å². The maximum absolute atomic E-state index is 14.7. The molecule has 4 amide bonds. The Morgan fingerprint density at radius 3 is 1.37 bits per heavy atom. The van der Waals surface area contributed by atoms with Crippen LogP contribution in [0, 0.1) is 63.1 Å². The van der Waals surface area contributed by atoms with E-state index in [9.17, 15) is 43.7 Å². The largest absolute Gasteiger partial charge is 0.489 e. The number of carbonyl (C=O) groups is 4. The molecule has 5 atom stereocenters. The molecule has 3 saturated heterocycles. The van der Waals surface area contributed by atoms with Gasteiger partial charge in [-0.05, 0) is 161 Å². The van der Waals surface area contributed by atoms with Crippen LogP contribution in [0.3, 0.4) is 0 Å². The Morgan fingerprint density at radius 1 is 0.500 bits per heavy atom. The molecule has 3 N–H and O–H groups in total. The van der Waals surface area contributed by atoms with Crippen LogP contribution in [0.15, 0.2) is 182 Å². The molecule has 7 aromatic carbocycles. The summed E-state index contributed by atoms with van der Waals surface area (Å²) in [5.74, 6) is -2.05. The monoisotopic (exact) mass is 1340 g/mol. The lowest BCUT2D eigenvalue weighted by molar-refractivity contribution is -0.159. The first kappa shape index (κ1) is 68.6. The number of nitrogens with one attached hydrogen (secondary N) is 3. The van der Waals surface area contributed by atoms with Crippen LogP contribution in [-0.2, 0) is 28.7 Å². The molecule has 14 rings (SSSR count). The summed E-state index contributed by atoms with van der Waals surface area (Å²) in [7, 11) is 0. The molecule has 18 nitrogen and oxygen atoms in total. The van der Waals surface area contributed by atoms with Gasteiger partial charge in [0.05, 0.1) is 55.7 Å². The number of hydrogen-bond acceptors (Lipinski definition) is 14. The van der Waals surface area contributed by atoms with Crippen molar-refractivity contribution in [3.05, 3.63) is 210 Å². The van der Waals surface area contributed by atoms with Gasteiger partial charge >= 0.3 is 5.92 Å². The second-order valence-electron chi connectivity index (χ2n) is 25.7. The van der Waals surface area contributed by atoms with Crippen LogP contribution in [0.25, 0.3) is 33.4 Å². The van der Waals surface area contributed by atoms with Crippen molar-refractivity contribution >= 4 is 40.7 Å². The van der Waals surface area contributed by atoms with E-state index in [4.69, 9.17) is 28.9 Å². The number of nitrogens with zero attached hydrogens (tertiary/aromatic N) is 6.